The van der Waals surface area contributed by atoms with E-state index in [0.29, 0.717) is 30.6 Å². The van der Waals surface area contributed by atoms with Gasteiger partial charge in [-0.3, -0.25) is 0 Å². The summed E-state index contributed by atoms with van der Waals surface area (Å²) in [4.78, 5) is 27.9. The Morgan fingerprint density at radius 1 is 1.17 bits per heavy atom. The fourth-order valence-electron chi connectivity index (χ4n) is 4.01. The van der Waals surface area contributed by atoms with Crippen LogP contribution >= 0.6 is 0 Å². The van der Waals surface area contributed by atoms with E-state index in [2.05, 4.69) is 28.5 Å². The van der Waals surface area contributed by atoms with Gasteiger partial charge in [0.1, 0.15) is 11.5 Å². The molecule has 3 heterocycles. The number of morpholine rings is 1. The topological polar surface area (TPSA) is 85.5 Å². The van der Waals surface area contributed by atoms with E-state index < -0.39 is 0 Å². The third kappa shape index (κ3) is 3.17. The molecule has 0 radical (unpaired) electrons. The Balaban J connectivity index is 1.72. The Labute approximate surface area is 168 Å². The van der Waals surface area contributed by atoms with Crippen LogP contribution in [0.2, 0.25) is 0 Å². The van der Waals surface area contributed by atoms with Crippen LogP contribution in [0.25, 0.3) is 22.6 Å². The molecule has 0 amide bonds. The molecule has 3 aromatic rings. The lowest BCUT2D eigenvalue weighted by Gasteiger charge is -2.34. The number of imidazole rings is 1. The van der Waals surface area contributed by atoms with Gasteiger partial charge in [-0.25, -0.2) is 15.0 Å². The van der Waals surface area contributed by atoms with E-state index in [9.17, 15) is 4.91 Å². The quantitative estimate of drug-likeness (QED) is 0.610. The summed E-state index contributed by atoms with van der Waals surface area (Å²) in [5.74, 6) is 3.16. The van der Waals surface area contributed by atoms with E-state index in [-0.39, 0.29) is 6.04 Å². The zero-order valence-corrected chi connectivity index (χ0v) is 16.7. The number of hydrogen-bond acceptors (Lipinski definition) is 7. The van der Waals surface area contributed by atoms with Gasteiger partial charge in [0.2, 0.25) is 0 Å². The second kappa shape index (κ2) is 7.18. The number of nitrogens with zero attached hydrogens (tertiary/aromatic N) is 6. The first kappa shape index (κ1) is 18.2. The minimum Gasteiger partial charge on any atom is -0.377 e. The Morgan fingerprint density at radius 3 is 2.62 bits per heavy atom. The van der Waals surface area contributed by atoms with Crippen LogP contribution in [-0.4, -0.2) is 45.3 Å². The second-order valence-electron chi connectivity index (χ2n) is 7.79. The summed E-state index contributed by atoms with van der Waals surface area (Å²) in [5, 5.41) is 2.99. The zero-order valence-electron chi connectivity index (χ0n) is 16.7. The third-order valence-corrected chi connectivity index (χ3v) is 5.74. The number of anilines is 1. The van der Waals surface area contributed by atoms with Crippen molar-refractivity contribution in [2.24, 2.45) is 5.18 Å². The van der Waals surface area contributed by atoms with E-state index in [4.69, 9.17) is 19.7 Å². The Hall–Kier alpha value is -2.87. The number of aryl methyl sites for hydroxylation is 1. The molecule has 1 atom stereocenters. The first-order valence-electron chi connectivity index (χ1n) is 10.3. The molecule has 2 fully saturated rings. The monoisotopic (exact) mass is 392 g/mol. The summed E-state index contributed by atoms with van der Waals surface area (Å²) in [5.41, 5.74) is 3.01. The molecule has 2 aliphatic rings. The van der Waals surface area contributed by atoms with Gasteiger partial charge in [0.15, 0.2) is 22.8 Å². The highest BCUT2D eigenvalue weighted by atomic mass is 16.5. The van der Waals surface area contributed by atoms with Crippen LogP contribution in [0.4, 0.5) is 11.5 Å². The smallest absolute Gasteiger partial charge is 0.166 e. The van der Waals surface area contributed by atoms with Crippen molar-refractivity contribution < 1.29 is 4.74 Å². The Morgan fingerprint density at radius 2 is 1.97 bits per heavy atom. The average Bonchev–Trinajstić information content (AvgIpc) is 3.54. The number of benzene rings is 1. The van der Waals surface area contributed by atoms with Gasteiger partial charge >= 0.3 is 0 Å². The number of ether oxygens (including phenoxy) is 1. The molecule has 1 aromatic carbocycles. The summed E-state index contributed by atoms with van der Waals surface area (Å²) < 4.78 is 7.86. The summed E-state index contributed by atoms with van der Waals surface area (Å²) >= 11 is 0. The van der Waals surface area contributed by atoms with Gasteiger partial charge in [-0.15, -0.1) is 4.91 Å². The van der Waals surface area contributed by atoms with E-state index in [1.807, 2.05) is 12.1 Å². The van der Waals surface area contributed by atoms with Gasteiger partial charge in [-0.2, -0.15) is 0 Å². The van der Waals surface area contributed by atoms with E-state index in [0.717, 1.165) is 41.5 Å². The van der Waals surface area contributed by atoms with Crippen LogP contribution < -0.4 is 4.90 Å². The predicted molar refractivity (Wildman–Crippen MR) is 111 cm³/mol. The summed E-state index contributed by atoms with van der Waals surface area (Å²) in [6.45, 7) is 7.23. The Kier molecular flexibility index (Phi) is 4.50. The van der Waals surface area contributed by atoms with Crippen molar-refractivity contribution in [3.8, 4) is 11.4 Å². The molecule has 0 unspecified atom stereocenters. The molecule has 0 spiro atoms. The third-order valence-electron chi connectivity index (χ3n) is 5.74. The Bertz CT molecular complexity index is 1060. The summed E-state index contributed by atoms with van der Waals surface area (Å²) in [6.07, 6.45) is 2.38. The van der Waals surface area contributed by atoms with E-state index in [1.54, 1.807) is 12.1 Å². The normalized spacial score (nSPS) is 19.7. The molecule has 1 saturated carbocycles. The van der Waals surface area contributed by atoms with Crippen molar-refractivity contribution in [1.82, 2.24) is 19.5 Å². The molecule has 8 heteroatoms. The van der Waals surface area contributed by atoms with E-state index in [1.165, 1.54) is 12.8 Å². The van der Waals surface area contributed by atoms with Crippen LogP contribution in [0.3, 0.4) is 0 Å². The highest BCUT2D eigenvalue weighted by Gasteiger charge is 2.32. The first-order chi connectivity index (χ1) is 14.2. The molecule has 0 N–H and O–H groups in total. The predicted octanol–water partition coefficient (Wildman–Crippen LogP) is 4.01. The van der Waals surface area contributed by atoms with Gasteiger partial charge < -0.3 is 14.2 Å². The van der Waals surface area contributed by atoms with Crippen molar-refractivity contribution in [1.29, 1.82) is 0 Å². The van der Waals surface area contributed by atoms with Crippen LogP contribution in [0.5, 0.6) is 0 Å². The van der Waals surface area contributed by atoms with E-state index >= 15 is 0 Å². The van der Waals surface area contributed by atoms with Crippen molar-refractivity contribution in [2.45, 2.75) is 45.2 Å². The number of fused-ring (bicyclic) bond motifs is 1. The second-order valence-corrected chi connectivity index (χ2v) is 7.79. The highest BCUT2D eigenvalue weighted by Crippen LogP contribution is 2.42. The maximum atomic E-state index is 10.8. The molecule has 8 nitrogen and oxygen atoms in total. The number of rotatable bonds is 5. The highest BCUT2D eigenvalue weighted by molar-refractivity contribution is 5.86. The molecule has 2 aromatic heterocycles. The summed E-state index contributed by atoms with van der Waals surface area (Å²) in [6, 6.07) is 7.30. The maximum absolute atomic E-state index is 10.8. The van der Waals surface area contributed by atoms with Gasteiger partial charge in [0, 0.05) is 24.6 Å². The summed E-state index contributed by atoms with van der Waals surface area (Å²) in [7, 11) is 0. The van der Waals surface area contributed by atoms with Gasteiger partial charge in [-0.05, 0) is 56.1 Å². The lowest BCUT2D eigenvalue weighted by atomic mass is 10.2. The first-order valence-corrected chi connectivity index (χ1v) is 10.3. The minimum atomic E-state index is 0.215. The molecular weight excluding hydrogens is 368 g/mol. The fraction of sp³-hybridized carbons (Fsp3) is 0.476. The average molecular weight is 392 g/mol. The fourth-order valence-corrected chi connectivity index (χ4v) is 4.01. The van der Waals surface area contributed by atoms with Crippen LogP contribution in [0.15, 0.2) is 29.4 Å². The minimum absolute atomic E-state index is 0.215. The standard InChI is InChI=1S/C21H24N6O2/c1-3-26-19(15-4-5-15)22-17-20(26)23-18(14-6-8-16(25-28)9-7-14)24-21(17)27-10-11-29-12-13(27)2/h6-9,13,15H,3-5,10-12H2,1-2H3/t13-/m0/s1. The van der Waals surface area contributed by atoms with Crippen molar-refractivity contribution >= 4 is 22.7 Å². The molecule has 1 saturated heterocycles. The number of hydrogen-bond donors (Lipinski definition) is 0. The van der Waals surface area contributed by atoms with Crippen molar-refractivity contribution in [3.05, 3.63) is 35.0 Å². The zero-order chi connectivity index (χ0) is 20.0. The molecular formula is C21H24N6O2. The van der Waals surface area contributed by atoms with Crippen LogP contribution in [-0.2, 0) is 11.3 Å². The SMILES string of the molecule is CCn1c(C2CC2)nc2c(N3CCOC[C@@H]3C)nc(-c3ccc(N=O)cc3)nc21. The number of aromatic nitrogens is 4. The van der Waals surface area contributed by atoms with Crippen molar-refractivity contribution in [2.75, 3.05) is 24.7 Å². The lowest BCUT2D eigenvalue weighted by Crippen LogP contribution is -2.44. The largest absolute Gasteiger partial charge is 0.377 e. The maximum Gasteiger partial charge on any atom is 0.166 e. The molecule has 150 valence electrons. The molecule has 1 aliphatic carbocycles. The van der Waals surface area contributed by atoms with Gasteiger partial charge in [0.25, 0.3) is 0 Å². The number of nitroso groups, excluding NO2 is 1. The van der Waals surface area contributed by atoms with Crippen LogP contribution in [0, 0.1) is 4.91 Å². The van der Waals surface area contributed by atoms with Gasteiger partial charge in [0.05, 0.1) is 19.3 Å². The molecule has 1 aliphatic heterocycles. The van der Waals surface area contributed by atoms with Crippen LogP contribution in [0.1, 0.15) is 38.4 Å². The van der Waals surface area contributed by atoms with Crippen molar-refractivity contribution in [3.63, 3.8) is 0 Å². The molecule has 0 bridgehead atoms. The van der Waals surface area contributed by atoms with Gasteiger partial charge in [-0.1, -0.05) is 0 Å². The molecule has 29 heavy (non-hydrogen) atoms. The molecule has 5 rings (SSSR count). The lowest BCUT2D eigenvalue weighted by molar-refractivity contribution is 0.0987.